The number of halogens is 1. The molecule has 0 bridgehead atoms. The van der Waals surface area contributed by atoms with Gasteiger partial charge in [-0.2, -0.15) is 0 Å². The molecule has 1 aromatic rings. The van der Waals surface area contributed by atoms with Gasteiger partial charge in [0, 0.05) is 12.1 Å². The van der Waals surface area contributed by atoms with Gasteiger partial charge < -0.3 is 16.0 Å². The summed E-state index contributed by atoms with van der Waals surface area (Å²) in [5.74, 6) is 0.627. The van der Waals surface area contributed by atoms with Crippen LogP contribution in [0.25, 0.3) is 0 Å². The number of hydrogen-bond acceptors (Lipinski definition) is 4. The van der Waals surface area contributed by atoms with Gasteiger partial charge in [-0.15, -0.1) is 0 Å². The number of aromatic nitrogens is 2. The Balaban J connectivity index is 2.20. The van der Waals surface area contributed by atoms with E-state index in [1.54, 1.807) is 0 Å². The lowest BCUT2D eigenvalue weighted by Gasteiger charge is -2.04. The summed E-state index contributed by atoms with van der Waals surface area (Å²) in [5.41, 5.74) is 5.51. The van der Waals surface area contributed by atoms with Gasteiger partial charge in [0.15, 0.2) is 0 Å². The van der Waals surface area contributed by atoms with Gasteiger partial charge in [-0.1, -0.05) is 0 Å². The molecule has 0 aromatic carbocycles. The second-order valence-electron chi connectivity index (χ2n) is 3.04. The summed E-state index contributed by atoms with van der Waals surface area (Å²) in [6.45, 7) is 0. The van der Waals surface area contributed by atoms with Crippen LogP contribution in [0.15, 0.2) is 11.1 Å². The molecule has 1 aliphatic carbocycles. The Labute approximate surface area is 88.3 Å². The molecular weight excluding hydrogens is 283 g/mol. The molecule has 0 radical (unpaired) electrons. The average molecular weight is 292 g/mol. The summed E-state index contributed by atoms with van der Waals surface area (Å²) in [6.07, 6.45) is 2.34. The van der Waals surface area contributed by atoms with E-state index in [9.17, 15) is 4.79 Å². The zero-order valence-electron chi connectivity index (χ0n) is 6.75. The topological polar surface area (TPSA) is 83.8 Å². The minimum absolute atomic E-state index is 0.118. The Morgan fingerprint density at radius 3 is 3.08 bits per heavy atom. The second-order valence-corrected chi connectivity index (χ2v) is 4.12. The molecule has 1 heterocycles. The second kappa shape index (κ2) is 3.26. The summed E-state index contributed by atoms with van der Waals surface area (Å²) in [6, 6.07) is 0.486. The maximum atomic E-state index is 11.1. The highest BCUT2D eigenvalue weighted by Gasteiger charge is 2.34. The van der Waals surface area contributed by atoms with Crippen LogP contribution in [0.1, 0.15) is 6.42 Å². The first-order chi connectivity index (χ1) is 6.18. The number of rotatable bonds is 2. The molecule has 1 aromatic heterocycles. The van der Waals surface area contributed by atoms with Crippen LogP contribution in [0.2, 0.25) is 0 Å². The number of nitrogens with two attached hydrogens (primary N) is 1. The fraction of sp³-hybridized carbons (Fsp3) is 0.429. The summed E-state index contributed by atoms with van der Waals surface area (Å²) in [7, 11) is 0. The maximum absolute atomic E-state index is 11.1. The standard InChI is InChI=1S/C7H9IN4O/c8-5-6(10-2-11-7(5)13)12-4-1-3(4)9/h2-4H,1,9H2,(H2,10,11,12,13). The van der Waals surface area contributed by atoms with Crippen molar-refractivity contribution in [2.75, 3.05) is 5.32 Å². The van der Waals surface area contributed by atoms with Gasteiger partial charge in [-0.05, 0) is 29.0 Å². The monoisotopic (exact) mass is 292 g/mol. The molecule has 0 amide bonds. The summed E-state index contributed by atoms with van der Waals surface area (Å²) >= 11 is 1.96. The number of hydrogen-bond donors (Lipinski definition) is 3. The van der Waals surface area contributed by atoms with Crippen LogP contribution < -0.4 is 16.6 Å². The molecule has 0 saturated heterocycles. The highest BCUT2D eigenvalue weighted by molar-refractivity contribution is 14.1. The fourth-order valence-corrected chi connectivity index (χ4v) is 1.49. The highest BCUT2D eigenvalue weighted by Crippen LogP contribution is 2.23. The minimum atomic E-state index is -0.118. The predicted molar refractivity (Wildman–Crippen MR) is 57.6 cm³/mol. The molecule has 0 aliphatic heterocycles. The Morgan fingerprint density at radius 1 is 1.77 bits per heavy atom. The first-order valence-electron chi connectivity index (χ1n) is 3.94. The van der Waals surface area contributed by atoms with E-state index in [-0.39, 0.29) is 17.6 Å². The molecule has 1 saturated carbocycles. The normalized spacial score (nSPS) is 25.7. The fourth-order valence-electron chi connectivity index (χ4n) is 1.04. The van der Waals surface area contributed by atoms with Gasteiger partial charge >= 0.3 is 0 Å². The summed E-state index contributed by atoms with van der Waals surface area (Å²) < 4.78 is 0.583. The molecule has 2 atom stereocenters. The van der Waals surface area contributed by atoms with Crippen LogP contribution in [0.4, 0.5) is 5.82 Å². The summed E-state index contributed by atoms with van der Waals surface area (Å²) in [5, 5.41) is 3.11. The van der Waals surface area contributed by atoms with Crippen LogP contribution in [0.5, 0.6) is 0 Å². The van der Waals surface area contributed by atoms with Crippen molar-refractivity contribution in [2.45, 2.75) is 18.5 Å². The zero-order chi connectivity index (χ0) is 9.42. The number of aromatic amines is 1. The molecule has 70 valence electrons. The first-order valence-corrected chi connectivity index (χ1v) is 5.01. The molecule has 1 fully saturated rings. The van der Waals surface area contributed by atoms with Crippen molar-refractivity contribution in [3.8, 4) is 0 Å². The van der Waals surface area contributed by atoms with Gasteiger partial charge in [0.1, 0.15) is 9.39 Å². The van der Waals surface area contributed by atoms with Gasteiger partial charge in [0.2, 0.25) is 0 Å². The zero-order valence-corrected chi connectivity index (χ0v) is 8.91. The first kappa shape index (κ1) is 8.95. The average Bonchev–Trinajstić information content (AvgIpc) is 2.77. The van der Waals surface area contributed by atoms with E-state index in [4.69, 9.17) is 5.73 Å². The molecule has 13 heavy (non-hydrogen) atoms. The quantitative estimate of drug-likeness (QED) is 0.664. The lowest BCUT2D eigenvalue weighted by Crippen LogP contribution is -2.19. The third kappa shape index (κ3) is 1.83. The number of H-pyrrole nitrogens is 1. The van der Waals surface area contributed by atoms with Crippen molar-refractivity contribution >= 4 is 28.4 Å². The van der Waals surface area contributed by atoms with Gasteiger partial charge in [0.05, 0.1) is 6.33 Å². The lowest BCUT2D eigenvalue weighted by molar-refractivity contribution is 0.981. The molecule has 4 N–H and O–H groups in total. The Hall–Kier alpha value is -0.630. The maximum Gasteiger partial charge on any atom is 0.266 e. The largest absolute Gasteiger partial charge is 0.365 e. The van der Waals surface area contributed by atoms with Crippen molar-refractivity contribution in [1.82, 2.24) is 9.97 Å². The Bertz CT molecular complexity index is 377. The van der Waals surface area contributed by atoms with Crippen LogP contribution in [-0.2, 0) is 0 Å². The molecule has 2 rings (SSSR count). The van der Waals surface area contributed by atoms with Crippen molar-refractivity contribution in [1.29, 1.82) is 0 Å². The van der Waals surface area contributed by atoms with Gasteiger partial charge in [-0.3, -0.25) is 4.79 Å². The Morgan fingerprint density at radius 2 is 2.46 bits per heavy atom. The van der Waals surface area contributed by atoms with E-state index in [1.807, 2.05) is 22.6 Å². The number of anilines is 1. The van der Waals surface area contributed by atoms with Crippen LogP contribution >= 0.6 is 22.6 Å². The molecule has 0 spiro atoms. The number of nitrogens with zero attached hydrogens (tertiary/aromatic N) is 1. The van der Waals surface area contributed by atoms with Crippen LogP contribution in [-0.4, -0.2) is 22.1 Å². The lowest BCUT2D eigenvalue weighted by atomic mass is 10.5. The third-order valence-electron chi connectivity index (χ3n) is 1.96. The summed E-state index contributed by atoms with van der Waals surface area (Å²) in [4.78, 5) is 17.7. The van der Waals surface area contributed by atoms with E-state index in [1.165, 1.54) is 6.33 Å². The van der Waals surface area contributed by atoms with Crippen molar-refractivity contribution in [2.24, 2.45) is 5.73 Å². The van der Waals surface area contributed by atoms with Crippen LogP contribution in [0, 0.1) is 3.57 Å². The minimum Gasteiger partial charge on any atom is -0.365 e. The van der Waals surface area contributed by atoms with E-state index < -0.39 is 0 Å². The van der Waals surface area contributed by atoms with E-state index in [0.29, 0.717) is 9.39 Å². The molecule has 1 aliphatic rings. The predicted octanol–water partition coefficient (Wildman–Crippen LogP) is -0.114. The Kier molecular flexibility index (Phi) is 2.24. The molecule has 2 unspecified atom stereocenters. The van der Waals surface area contributed by atoms with Crippen molar-refractivity contribution in [3.63, 3.8) is 0 Å². The van der Waals surface area contributed by atoms with Gasteiger partial charge in [0.25, 0.3) is 5.56 Å². The van der Waals surface area contributed by atoms with E-state index >= 15 is 0 Å². The molecule has 5 nitrogen and oxygen atoms in total. The molecule has 6 heteroatoms. The van der Waals surface area contributed by atoms with Crippen molar-refractivity contribution < 1.29 is 0 Å². The molecular formula is C7H9IN4O. The van der Waals surface area contributed by atoms with E-state index in [2.05, 4.69) is 15.3 Å². The third-order valence-corrected chi connectivity index (χ3v) is 2.96. The van der Waals surface area contributed by atoms with E-state index in [0.717, 1.165) is 6.42 Å². The highest BCUT2D eigenvalue weighted by atomic mass is 127. The smallest absolute Gasteiger partial charge is 0.266 e. The van der Waals surface area contributed by atoms with Crippen LogP contribution in [0.3, 0.4) is 0 Å². The number of nitrogens with one attached hydrogen (secondary N) is 2. The SMILES string of the molecule is NC1CC1Nc1nc[nH]c(=O)c1I. The van der Waals surface area contributed by atoms with Crippen molar-refractivity contribution in [3.05, 3.63) is 20.3 Å². The van der Waals surface area contributed by atoms with Gasteiger partial charge in [-0.25, -0.2) is 4.98 Å².